The summed E-state index contributed by atoms with van der Waals surface area (Å²) in [7, 11) is 0. The van der Waals surface area contributed by atoms with Crippen molar-refractivity contribution in [3.63, 3.8) is 0 Å². The molecule has 8 heteroatoms. The van der Waals surface area contributed by atoms with Crippen molar-refractivity contribution in [1.29, 1.82) is 0 Å². The molecule has 0 saturated heterocycles. The molecule has 136 valence electrons. The molecule has 0 bridgehead atoms. The Balaban J connectivity index is 1.48. The molecule has 1 amide bonds. The van der Waals surface area contributed by atoms with Gasteiger partial charge in [0.2, 0.25) is 0 Å². The second-order valence-corrected chi connectivity index (χ2v) is 6.53. The molecule has 0 aliphatic rings. The van der Waals surface area contributed by atoms with Crippen molar-refractivity contribution in [3.05, 3.63) is 66.4 Å². The summed E-state index contributed by atoms with van der Waals surface area (Å²) in [5.74, 6) is 0.239. The summed E-state index contributed by atoms with van der Waals surface area (Å²) in [5.41, 5.74) is 2.32. The Morgan fingerprint density at radius 1 is 1.19 bits per heavy atom. The normalized spacial score (nSPS) is 11.2. The molecule has 0 fully saturated rings. The lowest BCUT2D eigenvalue weighted by Crippen LogP contribution is -2.13. The summed E-state index contributed by atoms with van der Waals surface area (Å²) in [6, 6.07) is 7.62. The number of nitrogens with one attached hydrogen (secondary N) is 1. The van der Waals surface area contributed by atoms with Crippen LogP contribution in [0.1, 0.15) is 35.8 Å². The molecule has 4 aromatic heterocycles. The maximum absolute atomic E-state index is 12.5. The molecule has 0 aromatic carbocycles. The Morgan fingerprint density at radius 2 is 2.00 bits per heavy atom. The fourth-order valence-corrected chi connectivity index (χ4v) is 2.82. The van der Waals surface area contributed by atoms with E-state index in [4.69, 9.17) is 0 Å². The third-order valence-corrected chi connectivity index (χ3v) is 4.16. The van der Waals surface area contributed by atoms with E-state index < -0.39 is 0 Å². The minimum atomic E-state index is -0.254. The van der Waals surface area contributed by atoms with Crippen LogP contribution in [0.25, 0.3) is 11.0 Å². The first-order valence-electron chi connectivity index (χ1n) is 8.67. The molecule has 0 radical (unpaired) electrons. The SMILES string of the molecule is CC(C)n1ncc2cc(C(=O)Nc3ccn(Cc4ccncc4)n3)cnc21. The molecular formula is C19H19N7O. The molecule has 0 unspecified atom stereocenters. The van der Waals surface area contributed by atoms with E-state index in [0.29, 0.717) is 17.9 Å². The summed E-state index contributed by atoms with van der Waals surface area (Å²) < 4.78 is 3.59. The Labute approximate surface area is 155 Å². The number of hydrogen-bond donors (Lipinski definition) is 1. The van der Waals surface area contributed by atoms with Gasteiger partial charge in [-0.3, -0.25) is 14.5 Å². The van der Waals surface area contributed by atoms with E-state index >= 15 is 0 Å². The summed E-state index contributed by atoms with van der Waals surface area (Å²) in [6.45, 7) is 4.69. The molecule has 0 aliphatic heterocycles. The number of rotatable bonds is 5. The molecule has 8 nitrogen and oxygen atoms in total. The number of pyridine rings is 2. The first-order valence-corrected chi connectivity index (χ1v) is 8.67. The average Bonchev–Trinajstić information content (AvgIpc) is 3.28. The van der Waals surface area contributed by atoms with Crippen molar-refractivity contribution < 1.29 is 4.79 Å². The van der Waals surface area contributed by atoms with Gasteiger partial charge in [-0.15, -0.1) is 0 Å². The van der Waals surface area contributed by atoms with E-state index in [2.05, 4.69) is 25.5 Å². The van der Waals surface area contributed by atoms with Crippen molar-refractivity contribution >= 4 is 22.8 Å². The number of anilines is 1. The summed E-state index contributed by atoms with van der Waals surface area (Å²) >= 11 is 0. The average molecular weight is 361 g/mol. The number of nitrogens with zero attached hydrogens (tertiary/aromatic N) is 6. The zero-order valence-electron chi connectivity index (χ0n) is 15.1. The third-order valence-electron chi connectivity index (χ3n) is 4.16. The second-order valence-electron chi connectivity index (χ2n) is 6.53. The van der Waals surface area contributed by atoms with Gasteiger partial charge in [0.15, 0.2) is 11.5 Å². The van der Waals surface area contributed by atoms with Gasteiger partial charge in [0.05, 0.1) is 18.3 Å². The number of fused-ring (bicyclic) bond motifs is 1. The van der Waals surface area contributed by atoms with Gasteiger partial charge in [-0.25, -0.2) is 9.67 Å². The van der Waals surface area contributed by atoms with Crippen molar-refractivity contribution in [1.82, 2.24) is 29.5 Å². The van der Waals surface area contributed by atoms with Gasteiger partial charge in [0.25, 0.3) is 5.91 Å². The molecule has 1 N–H and O–H groups in total. The van der Waals surface area contributed by atoms with Gasteiger partial charge in [-0.1, -0.05) is 0 Å². The van der Waals surface area contributed by atoms with E-state index in [-0.39, 0.29) is 11.9 Å². The zero-order valence-corrected chi connectivity index (χ0v) is 15.1. The monoisotopic (exact) mass is 361 g/mol. The number of amides is 1. The first kappa shape index (κ1) is 16.9. The minimum absolute atomic E-state index is 0.207. The molecule has 0 spiro atoms. The van der Waals surface area contributed by atoms with Crippen LogP contribution in [-0.4, -0.2) is 35.4 Å². The van der Waals surface area contributed by atoms with Gasteiger partial charge in [0, 0.05) is 42.3 Å². The van der Waals surface area contributed by atoms with Crippen LogP contribution in [-0.2, 0) is 6.54 Å². The third kappa shape index (κ3) is 3.55. The van der Waals surface area contributed by atoms with E-state index in [1.165, 1.54) is 0 Å². The molecule has 0 atom stereocenters. The van der Waals surface area contributed by atoms with Gasteiger partial charge in [0.1, 0.15) is 0 Å². The Kier molecular flexibility index (Phi) is 4.37. The fraction of sp³-hybridized carbons (Fsp3) is 0.211. The lowest BCUT2D eigenvalue weighted by atomic mass is 10.2. The van der Waals surface area contributed by atoms with Crippen LogP contribution in [0.4, 0.5) is 5.82 Å². The predicted molar refractivity (Wildman–Crippen MR) is 101 cm³/mol. The lowest BCUT2D eigenvalue weighted by molar-refractivity contribution is 0.102. The van der Waals surface area contributed by atoms with Gasteiger partial charge < -0.3 is 5.32 Å². The van der Waals surface area contributed by atoms with Crippen LogP contribution < -0.4 is 5.32 Å². The maximum Gasteiger partial charge on any atom is 0.258 e. The smallest absolute Gasteiger partial charge is 0.258 e. The van der Waals surface area contributed by atoms with Crippen molar-refractivity contribution in [3.8, 4) is 0 Å². The van der Waals surface area contributed by atoms with Crippen molar-refractivity contribution in [2.24, 2.45) is 0 Å². The quantitative estimate of drug-likeness (QED) is 0.590. The van der Waals surface area contributed by atoms with Gasteiger partial charge >= 0.3 is 0 Å². The highest BCUT2D eigenvalue weighted by Crippen LogP contribution is 2.17. The topological polar surface area (TPSA) is 90.5 Å². The largest absolute Gasteiger partial charge is 0.305 e. The Bertz CT molecular complexity index is 1080. The summed E-state index contributed by atoms with van der Waals surface area (Å²) in [4.78, 5) is 20.9. The zero-order chi connectivity index (χ0) is 18.8. The molecular weight excluding hydrogens is 342 g/mol. The Hall–Kier alpha value is -3.55. The van der Waals surface area contributed by atoms with E-state index in [1.807, 2.05) is 36.9 Å². The van der Waals surface area contributed by atoms with Gasteiger partial charge in [-0.05, 0) is 37.6 Å². The first-order chi connectivity index (χ1) is 13.1. The standard InChI is InChI=1S/C19H19N7O/c1-13(2)26-18-15(11-22-26)9-16(10-21-18)19(27)23-17-5-8-25(24-17)12-14-3-6-20-7-4-14/h3-11,13H,12H2,1-2H3,(H,23,24,27). The molecule has 27 heavy (non-hydrogen) atoms. The van der Waals surface area contributed by atoms with Crippen molar-refractivity contribution in [2.45, 2.75) is 26.4 Å². The summed E-state index contributed by atoms with van der Waals surface area (Å²) in [5, 5.41) is 12.4. The predicted octanol–water partition coefficient (Wildman–Crippen LogP) is 2.90. The van der Waals surface area contributed by atoms with Crippen LogP contribution >= 0.6 is 0 Å². The summed E-state index contributed by atoms with van der Waals surface area (Å²) in [6.07, 6.45) is 8.59. The van der Waals surface area contributed by atoms with E-state index in [0.717, 1.165) is 16.6 Å². The van der Waals surface area contributed by atoms with Gasteiger partial charge in [-0.2, -0.15) is 10.2 Å². The molecule has 4 rings (SSSR count). The van der Waals surface area contributed by atoms with Crippen LogP contribution in [0.5, 0.6) is 0 Å². The minimum Gasteiger partial charge on any atom is -0.305 e. The van der Waals surface area contributed by atoms with Crippen LogP contribution in [0.15, 0.2) is 55.2 Å². The molecule has 0 aliphatic carbocycles. The number of carbonyl (C=O) groups is 1. The number of aromatic nitrogens is 6. The molecule has 0 saturated carbocycles. The van der Waals surface area contributed by atoms with Crippen LogP contribution in [0.3, 0.4) is 0 Å². The Morgan fingerprint density at radius 3 is 2.78 bits per heavy atom. The van der Waals surface area contributed by atoms with Crippen LogP contribution in [0.2, 0.25) is 0 Å². The highest BCUT2D eigenvalue weighted by Gasteiger charge is 2.13. The highest BCUT2D eigenvalue weighted by atomic mass is 16.1. The number of hydrogen-bond acceptors (Lipinski definition) is 5. The van der Waals surface area contributed by atoms with Crippen molar-refractivity contribution in [2.75, 3.05) is 5.32 Å². The van der Waals surface area contributed by atoms with E-state index in [9.17, 15) is 4.79 Å². The maximum atomic E-state index is 12.5. The van der Waals surface area contributed by atoms with E-state index in [1.54, 1.807) is 41.6 Å². The highest BCUT2D eigenvalue weighted by molar-refractivity contribution is 6.05. The lowest BCUT2D eigenvalue weighted by Gasteiger charge is -2.06. The molecule has 4 aromatic rings. The fourth-order valence-electron chi connectivity index (χ4n) is 2.82. The second kappa shape index (κ2) is 6.99. The van der Waals surface area contributed by atoms with Crippen LogP contribution in [0, 0.1) is 0 Å². The number of carbonyl (C=O) groups excluding carboxylic acids is 1. The molecule has 4 heterocycles.